The summed E-state index contributed by atoms with van der Waals surface area (Å²) in [7, 11) is 0. The van der Waals surface area contributed by atoms with Gasteiger partial charge >= 0.3 is 6.01 Å². The quantitative estimate of drug-likeness (QED) is 0.869. The first-order valence-electron chi connectivity index (χ1n) is 5.00. The molecular formula is C12H8N4O2. The molecule has 0 bridgehead atoms. The molecule has 2 aromatic rings. The van der Waals surface area contributed by atoms with Crippen molar-refractivity contribution >= 4 is 5.91 Å². The van der Waals surface area contributed by atoms with Crippen molar-refractivity contribution in [3.8, 4) is 17.8 Å². The van der Waals surface area contributed by atoms with Gasteiger partial charge in [-0.3, -0.25) is 4.79 Å². The summed E-state index contributed by atoms with van der Waals surface area (Å²) in [6.07, 6.45) is 1.40. The second-order valence-corrected chi connectivity index (χ2v) is 3.30. The summed E-state index contributed by atoms with van der Waals surface area (Å²) in [5, 5.41) is 8.70. The molecule has 1 heterocycles. The Kier molecular flexibility index (Phi) is 3.16. The number of hydrogen-bond acceptors (Lipinski definition) is 5. The van der Waals surface area contributed by atoms with Gasteiger partial charge in [0.25, 0.3) is 5.91 Å². The highest BCUT2D eigenvalue weighted by Crippen LogP contribution is 2.22. The highest BCUT2D eigenvalue weighted by Gasteiger charge is 2.10. The third-order valence-corrected chi connectivity index (χ3v) is 2.10. The number of carbonyl (C=O) groups excluding carboxylic acids is 1. The number of benzene rings is 1. The van der Waals surface area contributed by atoms with E-state index in [9.17, 15) is 4.79 Å². The lowest BCUT2D eigenvalue weighted by Crippen LogP contribution is -2.12. The average Bonchev–Trinajstić information content (AvgIpc) is 2.39. The van der Waals surface area contributed by atoms with Crippen LogP contribution in [0.4, 0.5) is 0 Å². The molecule has 2 rings (SSSR count). The van der Waals surface area contributed by atoms with E-state index in [4.69, 9.17) is 15.7 Å². The highest BCUT2D eigenvalue weighted by molar-refractivity contribution is 5.95. The minimum Gasteiger partial charge on any atom is -0.423 e. The number of primary amides is 1. The van der Waals surface area contributed by atoms with Crippen molar-refractivity contribution in [1.82, 2.24) is 9.97 Å². The molecular weight excluding hydrogens is 232 g/mol. The molecule has 2 N–H and O–H groups in total. The zero-order chi connectivity index (χ0) is 13.0. The Balaban J connectivity index is 2.34. The molecule has 0 radical (unpaired) electrons. The normalized spacial score (nSPS) is 9.50. The van der Waals surface area contributed by atoms with Gasteiger partial charge in [0, 0.05) is 6.20 Å². The fourth-order valence-corrected chi connectivity index (χ4v) is 1.31. The number of ether oxygens (including phenoxy) is 1. The topological polar surface area (TPSA) is 102 Å². The maximum atomic E-state index is 11.2. The van der Waals surface area contributed by atoms with Crippen LogP contribution in [0, 0.1) is 11.3 Å². The first-order chi connectivity index (χ1) is 8.70. The van der Waals surface area contributed by atoms with Crippen LogP contribution in [0.1, 0.15) is 16.1 Å². The van der Waals surface area contributed by atoms with Gasteiger partial charge in [0.15, 0.2) is 0 Å². The zero-order valence-corrected chi connectivity index (χ0v) is 9.20. The summed E-state index contributed by atoms with van der Waals surface area (Å²) in [6.45, 7) is 0. The first-order valence-corrected chi connectivity index (χ1v) is 5.00. The smallest absolute Gasteiger partial charge is 0.323 e. The molecule has 6 heteroatoms. The van der Waals surface area contributed by atoms with Gasteiger partial charge in [-0.05, 0) is 18.2 Å². The monoisotopic (exact) mass is 240 g/mol. The van der Waals surface area contributed by atoms with Crippen LogP contribution in [-0.4, -0.2) is 15.9 Å². The van der Waals surface area contributed by atoms with Gasteiger partial charge in [0.2, 0.25) is 0 Å². The molecule has 18 heavy (non-hydrogen) atoms. The van der Waals surface area contributed by atoms with E-state index >= 15 is 0 Å². The van der Waals surface area contributed by atoms with E-state index in [1.165, 1.54) is 18.3 Å². The van der Waals surface area contributed by atoms with Crippen LogP contribution in [-0.2, 0) is 0 Å². The van der Waals surface area contributed by atoms with E-state index in [1.54, 1.807) is 18.2 Å². The molecule has 0 saturated carbocycles. The molecule has 0 saturated heterocycles. The van der Waals surface area contributed by atoms with Gasteiger partial charge in [0.05, 0.1) is 5.56 Å². The minimum atomic E-state index is -0.609. The number of amides is 1. The number of hydrogen-bond donors (Lipinski definition) is 1. The predicted molar refractivity (Wildman–Crippen MR) is 61.8 cm³/mol. The Morgan fingerprint density at radius 1 is 1.33 bits per heavy atom. The zero-order valence-electron chi connectivity index (χ0n) is 9.20. The standard InChI is InChI=1S/C12H8N4O2/c13-7-8-5-6-15-12(16-8)18-10-4-2-1-3-9(10)11(14)17/h1-6H,(H2,14,17). The lowest BCUT2D eigenvalue weighted by atomic mass is 10.2. The molecule has 0 fully saturated rings. The van der Waals surface area contributed by atoms with Crippen LogP contribution in [0.5, 0.6) is 11.8 Å². The summed E-state index contributed by atoms with van der Waals surface area (Å²) in [5.74, 6) is -0.359. The number of para-hydroxylation sites is 1. The summed E-state index contributed by atoms with van der Waals surface area (Å²) < 4.78 is 5.34. The lowest BCUT2D eigenvalue weighted by molar-refractivity contribution is 0.0998. The predicted octanol–water partition coefficient (Wildman–Crippen LogP) is 1.24. The van der Waals surface area contributed by atoms with E-state index in [-0.39, 0.29) is 23.0 Å². The Labute approximate surface area is 103 Å². The van der Waals surface area contributed by atoms with Crippen molar-refractivity contribution in [2.45, 2.75) is 0 Å². The van der Waals surface area contributed by atoms with Gasteiger partial charge in [0.1, 0.15) is 17.5 Å². The van der Waals surface area contributed by atoms with Gasteiger partial charge in [-0.1, -0.05) is 12.1 Å². The third-order valence-electron chi connectivity index (χ3n) is 2.10. The molecule has 0 unspecified atom stereocenters. The number of carbonyl (C=O) groups is 1. The van der Waals surface area contributed by atoms with E-state index < -0.39 is 5.91 Å². The summed E-state index contributed by atoms with van der Waals surface area (Å²) in [4.78, 5) is 18.9. The van der Waals surface area contributed by atoms with Crippen molar-refractivity contribution in [2.75, 3.05) is 0 Å². The van der Waals surface area contributed by atoms with Crippen molar-refractivity contribution in [3.05, 3.63) is 47.8 Å². The Morgan fingerprint density at radius 3 is 2.83 bits per heavy atom. The molecule has 1 aromatic carbocycles. The lowest BCUT2D eigenvalue weighted by Gasteiger charge is -2.06. The van der Waals surface area contributed by atoms with Crippen molar-refractivity contribution in [3.63, 3.8) is 0 Å². The van der Waals surface area contributed by atoms with E-state index in [2.05, 4.69) is 9.97 Å². The van der Waals surface area contributed by atoms with E-state index in [1.807, 2.05) is 6.07 Å². The molecule has 1 amide bonds. The number of nitrogens with zero attached hydrogens (tertiary/aromatic N) is 3. The second-order valence-electron chi connectivity index (χ2n) is 3.30. The Morgan fingerprint density at radius 2 is 2.11 bits per heavy atom. The van der Waals surface area contributed by atoms with Crippen LogP contribution in [0.15, 0.2) is 36.5 Å². The summed E-state index contributed by atoms with van der Waals surface area (Å²) >= 11 is 0. The van der Waals surface area contributed by atoms with Crippen LogP contribution in [0.25, 0.3) is 0 Å². The van der Waals surface area contributed by atoms with Crippen LogP contribution in [0.2, 0.25) is 0 Å². The molecule has 6 nitrogen and oxygen atoms in total. The molecule has 0 atom stereocenters. The maximum absolute atomic E-state index is 11.2. The second kappa shape index (κ2) is 4.93. The SMILES string of the molecule is N#Cc1ccnc(Oc2ccccc2C(N)=O)n1. The summed E-state index contributed by atoms with van der Waals surface area (Å²) in [5.41, 5.74) is 5.61. The fourth-order valence-electron chi connectivity index (χ4n) is 1.31. The van der Waals surface area contributed by atoms with E-state index in [0.29, 0.717) is 0 Å². The number of nitriles is 1. The first kappa shape index (κ1) is 11.5. The maximum Gasteiger partial charge on any atom is 0.323 e. The molecule has 0 aliphatic carbocycles. The number of rotatable bonds is 3. The van der Waals surface area contributed by atoms with Crippen molar-refractivity contribution in [1.29, 1.82) is 5.26 Å². The van der Waals surface area contributed by atoms with Gasteiger partial charge < -0.3 is 10.5 Å². The van der Waals surface area contributed by atoms with Crippen molar-refractivity contribution in [2.24, 2.45) is 5.73 Å². The molecule has 0 spiro atoms. The van der Waals surface area contributed by atoms with Crippen LogP contribution in [0.3, 0.4) is 0 Å². The molecule has 0 aliphatic heterocycles. The van der Waals surface area contributed by atoms with Crippen molar-refractivity contribution < 1.29 is 9.53 Å². The largest absolute Gasteiger partial charge is 0.423 e. The van der Waals surface area contributed by atoms with Gasteiger partial charge in [-0.15, -0.1) is 0 Å². The third kappa shape index (κ3) is 2.41. The van der Waals surface area contributed by atoms with E-state index in [0.717, 1.165) is 0 Å². The molecule has 1 aromatic heterocycles. The minimum absolute atomic E-state index is 0.0113. The average molecular weight is 240 g/mol. The van der Waals surface area contributed by atoms with Gasteiger partial charge in [-0.2, -0.15) is 10.2 Å². The fraction of sp³-hybridized carbons (Fsp3) is 0. The van der Waals surface area contributed by atoms with Crippen LogP contribution >= 0.6 is 0 Å². The number of aromatic nitrogens is 2. The summed E-state index contributed by atoms with van der Waals surface area (Å²) in [6, 6.07) is 9.77. The number of nitrogens with two attached hydrogens (primary N) is 1. The highest BCUT2D eigenvalue weighted by atomic mass is 16.5. The Hall–Kier alpha value is -2.94. The molecule has 88 valence electrons. The van der Waals surface area contributed by atoms with Crippen LogP contribution < -0.4 is 10.5 Å². The molecule has 0 aliphatic rings. The van der Waals surface area contributed by atoms with Gasteiger partial charge in [-0.25, -0.2) is 4.98 Å². The Bertz CT molecular complexity index is 634.